The third kappa shape index (κ3) is 4.52. The van der Waals surface area contributed by atoms with Gasteiger partial charge in [-0.2, -0.15) is 0 Å². The number of hydrazine groups is 1. The molecule has 4 heteroatoms. The van der Waals surface area contributed by atoms with Gasteiger partial charge in [0.15, 0.2) is 0 Å². The van der Waals surface area contributed by atoms with Crippen molar-refractivity contribution in [2.45, 2.75) is 39.2 Å². The molecule has 0 fully saturated rings. The fraction of sp³-hybridized carbons (Fsp3) is 0.538. The lowest BCUT2D eigenvalue weighted by Gasteiger charge is -2.21. The fourth-order valence-corrected chi connectivity index (χ4v) is 2.94. The van der Waals surface area contributed by atoms with Crippen LogP contribution in [-0.2, 0) is 0 Å². The minimum atomic E-state index is -0.199. The van der Waals surface area contributed by atoms with Crippen LogP contribution in [-0.4, -0.2) is 0 Å². The van der Waals surface area contributed by atoms with Gasteiger partial charge in [-0.25, -0.2) is 4.39 Å². The Morgan fingerprint density at radius 2 is 2.18 bits per heavy atom. The van der Waals surface area contributed by atoms with Gasteiger partial charge in [-0.05, 0) is 52.6 Å². The van der Waals surface area contributed by atoms with Gasteiger partial charge in [0.05, 0.1) is 0 Å². The lowest BCUT2D eigenvalue weighted by Crippen LogP contribution is -2.30. The van der Waals surface area contributed by atoms with E-state index < -0.39 is 0 Å². The van der Waals surface area contributed by atoms with Gasteiger partial charge in [-0.15, -0.1) is 0 Å². The first-order valence-corrected chi connectivity index (χ1v) is 7.07. The first-order chi connectivity index (χ1) is 8.08. The lowest BCUT2D eigenvalue weighted by molar-refractivity contribution is 0.393. The van der Waals surface area contributed by atoms with E-state index in [1.54, 1.807) is 6.07 Å². The van der Waals surface area contributed by atoms with Gasteiger partial charge in [0, 0.05) is 9.61 Å². The second-order valence-electron chi connectivity index (χ2n) is 4.51. The van der Waals surface area contributed by atoms with Crippen molar-refractivity contribution < 1.29 is 4.39 Å². The minimum absolute atomic E-state index is 0.101. The zero-order chi connectivity index (χ0) is 12.8. The fourth-order valence-electron chi connectivity index (χ4n) is 2.08. The summed E-state index contributed by atoms with van der Waals surface area (Å²) in [4.78, 5) is 0. The van der Waals surface area contributed by atoms with E-state index in [0.717, 1.165) is 15.6 Å². The molecule has 0 aliphatic rings. The summed E-state index contributed by atoms with van der Waals surface area (Å²) in [5.41, 5.74) is 3.92. The predicted molar refractivity (Wildman–Crippen MR) is 77.9 cm³/mol. The molecule has 0 heterocycles. The molecule has 17 heavy (non-hydrogen) atoms. The molecule has 0 spiro atoms. The normalized spacial score (nSPS) is 14.6. The van der Waals surface area contributed by atoms with E-state index in [-0.39, 0.29) is 11.9 Å². The molecule has 0 bridgehead atoms. The molecule has 0 aliphatic heterocycles. The van der Waals surface area contributed by atoms with E-state index in [9.17, 15) is 4.39 Å². The Bertz CT molecular complexity index is 357. The Labute approximate surface area is 116 Å². The summed E-state index contributed by atoms with van der Waals surface area (Å²) in [6.07, 6.45) is 3.35. The van der Waals surface area contributed by atoms with Gasteiger partial charge < -0.3 is 0 Å². The Morgan fingerprint density at radius 1 is 1.47 bits per heavy atom. The topological polar surface area (TPSA) is 38.0 Å². The summed E-state index contributed by atoms with van der Waals surface area (Å²) >= 11 is 2.16. The first kappa shape index (κ1) is 14.9. The second kappa shape index (κ2) is 7.28. The molecule has 0 saturated heterocycles. The third-order valence-corrected chi connectivity index (χ3v) is 3.89. The monoisotopic (exact) mass is 350 g/mol. The van der Waals surface area contributed by atoms with E-state index in [0.29, 0.717) is 5.92 Å². The second-order valence-corrected chi connectivity index (χ2v) is 5.68. The third-order valence-electron chi connectivity index (χ3n) is 2.96. The molecule has 3 N–H and O–H groups in total. The van der Waals surface area contributed by atoms with Crippen LogP contribution in [0.25, 0.3) is 0 Å². The van der Waals surface area contributed by atoms with Gasteiger partial charge in [0.25, 0.3) is 0 Å². The van der Waals surface area contributed by atoms with Crippen LogP contribution in [0.15, 0.2) is 18.2 Å². The molecule has 0 aliphatic carbocycles. The highest BCUT2D eigenvalue weighted by Crippen LogP contribution is 2.27. The number of benzene rings is 1. The molecule has 0 radical (unpaired) electrons. The highest BCUT2D eigenvalue weighted by atomic mass is 127. The van der Waals surface area contributed by atoms with Gasteiger partial charge in [0.1, 0.15) is 5.82 Å². The number of rotatable bonds is 6. The average Bonchev–Trinajstić information content (AvgIpc) is 2.27. The van der Waals surface area contributed by atoms with Gasteiger partial charge in [0.2, 0.25) is 0 Å². The van der Waals surface area contributed by atoms with E-state index in [2.05, 4.69) is 41.9 Å². The molecule has 96 valence electrons. The highest BCUT2D eigenvalue weighted by molar-refractivity contribution is 14.1. The molecule has 0 saturated carbocycles. The molecule has 1 aromatic carbocycles. The Hall–Kier alpha value is -0.200. The van der Waals surface area contributed by atoms with Crippen LogP contribution in [0.1, 0.15) is 44.7 Å². The average molecular weight is 350 g/mol. The lowest BCUT2D eigenvalue weighted by atomic mass is 9.93. The van der Waals surface area contributed by atoms with Crippen molar-refractivity contribution in [3.63, 3.8) is 0 Å². The summed E-state index contributed by atoms with van der Waals surface area (Å²) in [5, 5.41) is 0. The maximum Gasteiger partial charge on any atom is 0.124 e. The maximum atomic E-state index is 13.0. The zero-order valence-corrected chi connectivity index (χ0v) is 12.5. The molecule has 2 atom stereocenters. The molecule has 1 rings (SSSR count). The van der Waals surface area contributed by atoms with Gasteiger partial charge in [-0.3, -0.25) is 11.3 Å². The SMILES string of the molecule is CCCC(C)CC(NN)c1ccc(F)cc1I. The van der Waals surface area contributed by atoms with E-state index >= 15 is 0 Å². The maximum absolute atomic E-state index is 13.0. The minimum Gasteiger partial charge on any atom is -0.271 e. The van der Waals surface area contributed by atoms with Crippen LogP contribution in [0.3, 0.4) is 0 Å². The molecular formula is C13H20FIN2. The molecule has 0 amide bonds. The van der Waals surface area contributed by atoms with Crippen molar-refractivity contribution in [1.82, 2.24) is 5.43 Å². The Kier molecular flexibility index (Phi) is 6.37. The van der Waals surface area contributed by atoms with Crippen LogP contribution in [0, 0.1) is 15.3 Å². The largest absolute Gasteiger partial charge is 0.271 e. The Morgan fingerprint density at radius 3 is 2.71 bits per heavy atom. The van der Waals surface area contributed by atoms with Crippen molar-refractivity contribution in [2.75, 3.05) is 0 Å². The molecular weight excluding hydrogens is 330 g/mol. The van der Waals surface area contributed by atoms with Crippen molar-refractivity contribution in [1.29, 1.82) is 0 Å². The van der Waals surface area contributed by atoms with Crippen molar-refractivity contribution >= 4 is 22.6 Å². The Balaban J connectivity index is 2.79. The molecule has 2 unspecified atom stereocenters. The molecule has 0 aromatic heterocycles. The molecule has 1 aromatic rings. The van der Waals surface area contributed by atoms with Crippen LogP contribution in [0.2, 0.25) is 0 Å². The van der Waals surface area contributed by atoms with Crippen LogP contribution in [0.4, 0.5) is 4.39 Å². The van der Waals surface area contributed by atoms with Crippen LogP contribution < -0.4 is 11.3 Å². The quantitative estimate of drug-likeness (QED) is 0.466. The number of nitrogens with two attached hydrogens (primary N) is 1. The van der Waals surface area contributed by atoms with Crippen LogP contribution in [0.5, 0.6) is 0 Å². The summed E-state index contributed by atoms with van der Waals surface area (Å²) in [7, 11) is 0. The standard InChI is InChI=1S/C13H20FIN2/c1-3-4-9(2)7-13(17-16)11-6-5-10(14)8-12(11)15/h5-6,8-9,13,17H,3-4,7,16H2,1-2H3. The van der Waals surface area contributed by atoms with Crippen molar-refractivity contribution in [3.8, 4) is 0 Å². The predicted octanol–water partition coefficient (Wildman–Crippen LogP) is 3.76. The number of hydrogen-bond acceptors (Lipinski definition) is 2. The summed E-state index contributed by atoms with van der Waals surface area (Å²) < 4.78 is 14.0. The zero-order valence-electron chi connectivity index (χ0n) is 10.3. The number of hydrogen-bond donors (Lipinski definition) is 2. The van der Waals surface area contributed by atoms with E-state index in [1.807, 2.05) is 6.07 Å². The van der Waals surface area contributed by atoms with Gasteiger partial charge in [-0.1, -0.05) is 32.8 Å². The van der Waals surface area contributed by atoms with E-state index in [4.69, 9.17) is 5.84 Å². The smallest absolute Gasteiger partial charge is 0.124 e. The van der Waals surface area contributed by atoms with Crippen LogP contribution >= 0.6 is 22.6 Å². The van der Waals surface area contributed by atoms with Crippen molar-refractivity contribution in [3.05, 3.63) is 33.1 Å². The summed E-state index contributed by atoms with van der Waals surface area (Å²) in [5.74, 6) is 6.02. The highest BCUT2D eigenvalue weighted by Gasteiger charge is 2.16. The van der Waals surface area contributed by atoms with Gasteiger partial charge >= 0.3 is 0 Å². The molecule has 2 nitrogen and oxygen atoms in total. The first-order valence-electron chi connectivity index (χ1n) is 5.99. The van der Waals surface area contributed by atoms with Crippen molar-refractivity contribution in [2.24, 2.45) is 11.8 Å². The summed E-state index contributed by atoms with van der Waals surface area (Å²) in [6.45, 7) is 4.41. The number of nitrogens with one attached hydrogen (secondary N) is 1. The summed E-state index contributed by atoms with van der Waals surface area (Å²) in [6, 6.07) is 4.96. The van der Waals surface area contributed by atoms with E-state index in [1.165, 1.54) is 18.9 Å². The number of halogens is 2.